The highest BCUT2D eigenvalue weighted by Crippen LogP contribution is 2.14. The average Bonchev–Trinajstić information content (AvgIpc) is 2.19. The van der Waals surface area contributed by atoms with Crippen molar-refractivity contribution in [3.63, 3.8) is 0 Å². The second-order valence-corrected chi connectivity index (χ2v) is 3.89. The van der Waals surface area contributed by atoms with Gasteiger partial charge in [0.2, 0.25) is 0 Å². The number of rotatable bonds is 1. The van der Waals surface area contributed by atoms with Crippen LogP contribution in [0.3, 0.4) is 0 Å². The van der Waals surface area contributed by atoms with E-state index in [-0.39, 0.29) is 16.8 Å². The van der Waals surface area contributed by atoms with Gasteiger partial charge in [-0.3, -0.25) is 9.78 Å². The molecule has 5 heteroatoms. The van der Waals surface area contributed by atoms with Crippen molar-refractivity contribution in [1.29, 1.82) is 0 Å². The van der Waals surface area contributed by atoms with Crippen LogP contribution in [0.4, 0.5) is 0 Å². The lowest BCUT2D eigenvalue weighted by Crippen LogP contribution is -2.23. The Morgan fingerprint density at radius 1 is 1.47 bits per heavy atom. The Balaban J connectivity index is 2.96. The van der Waals surface area contributed by atoms with E-state index in [0.717, 1.165) is 0 Å². The molecule has 4 nitrogen and oxygen atoms in total. The Labute approximate surface area is 91.5 Å². The fourth-order valence-corrected chi connectivity index (χ4v) is 1.72. The molecule has 0 aromatic carbocycles. The number of halogens is 1. The second-order valence-electron chi connectivity index (χ2n) is 3.54. The lowest BCUT2D eigenvalue weighted by Gasteiger charge is -2.12. The summed E-state index contributed by atoms with van der Waals surface area (Å²) in [7, 11) is 0. The number of pyridine rings is 1. The van der Waals surface area contributed by atoms with Gasteiger partial charge in [-0.05, 0) is 19.9 Å². The highest BCUT2D eigenvalue weighted by Gasteiger charge is 2.11. The van der Waals surface area contributed by atoms with E-state index in [1.54, 1.807) is 23.0 Å². The Morgan fingerprint density at radius 2 is 2.20 bits per heavy atom. The molecule has 2 heterocycles. The number of nitrogens with zero attached hydrogens (tertiary/aromatic N) is 3. The van der Waals surface area contributed by atoms with Crippen molar-refractivity contribution in [1.82, 2.24) is 14.5 Å². The van der Waals surface area contributed by atoms with Crippen LogP contribution < -0.4 is 5.56 Å². The minimum Gasteiger partial charge on any atom is -0.300 e. The van der Waals surface area contributed by atoms with E-state index in [2.05, 4.69) is 9.97 Å². The van der Waals surface area contributed by atoms with Gasteiger partial charge in [-0.1, -0.05) is 11.6 Å². The van der Waals surface area contributed by atoms with Gasteiger partial charge in [-0.25, -0.2) is 4.98 Å². The summed E-state index contributed by atoms with van der Waals surface area (Å²) >= 11 is 5.77. The number of fused-ring (bicyclic) bond motifs is 1. The average molecular weight is 224 g/mol. The molecular weight excluding hydrogens is 214 g/mol. The molecule has 0 fully saturated rings. The van der Waals surface area contributed by atoms with Crippen LogP contribution in [0.5, 0.6) is 0 Å². The van der Waals surface area contributed by atoms with Crippen molar-refractivity contribution >= 4 is 22.6 Å². The van der Waals surface area contributed by atoms with Crippen molar-refractivity contribution < 1.29 is 0 Å². The lowest BCUT2D eigenvalue weighted by molar-refractivity contribution is 0.597. The van der Waals surface area contributed by atoms with Crippen LogP contribution in [-0.2, 0) is 0 Å². The van der Waals surface area contributed by atoms with Crippen LogP contribution in [0.1, 0.15) is 19.9 Å². The Bertz CT molecular complexity index is 562. The zero-order valence-corrected chi connectivity index (χ0v) is 9.19. The zero-order valence-electron chi connectivity index (χ0n) is 8.44. The summed E-state index contributed by atoms with van der Waals surface area (Å²) in [5.41, 5.74) is 1.12. The number of hydrogen-bond acceptors (Lipinski definition) is 3. The molecule has 2 aromatic heterocycles. The van der Waals surface area contributed by atoms with E-state index in [1.165, 1.54) is 0 Å². The van der Waals surface area contributed by atoms with Gasteiger partial charge in [0, 0.05) is 12.2 Å². The SMILES string of the molecule is CC(C)n1c(=O)c(Cl)nc2ccncc21. The quantitative estimate of drug-likeness (QED) is 0.743. The van der Waals surface area contributed by atoms with E-state index in [0.29, 0.717) is 11.0 Å². The molecule has 0 spiro atoms. The largest absolute Gasteiger partial charge is 0.300 e. The second kappa shape index (κ2) is 3.62. The summed E-state index contributed by atoms with van der Waals surface area (Å²) in [4.78, 5) is 19.8. The van der Waals surface area contributed by atoms with Gasteiger partial charge in [0.15, 0.2) is 5.15 Å². The smallest absolute Gasteiger partial charge is 0.289 e. The van der Waals surface area contributed by atoms with Gasteiger partial charge >= 0.3 is 0 Å². The molecule has 2 rings (SSSR count). The van der Waals surface area contributed by atoms with E-state index >= 15 is 0 Å². The molecule has 0 aliphatic rings. The minimum atomic E-state index is -0.271. The molecule has 0 bridgehead atoms. The van der Waals surface area contributed by atoms with E-state index in [4.69, 9.17) is 11.6 Å². The summed E-state index contributed by atoms with van der Waals surface area (Å²) < 4.78 is 1.59. The third-order valence-corrected chi connectivity index (χ3v) is 2.41. The molecule has 0 saturated carbocycles. The van der Waals surface area contributed by atoms with Crippen LogP contribution in [0, 0.1) is 0 Å². The highest BCUT2D eigenvalue weighted by molar-refractivity contribution is 6.29. The monoisotopic (exact) mass is 223 g/mol. The van der Waals surface area contributed by atoms with Gasteiger partial charge in [0.1, 0.15) is 0 Å². The molecule has 0 aliphatic heterocycles. The Morgan fingerprint density at radius 3 is 2.87 bits per heavy atom. The molecule has 0 unspecified atom stereocenters. The van der Waals surface area contributed by atoms with E-state index in [1.807, 2.05) is 13.8 Å². The van der Waals surface area contributed by atoms with Crippen molar-refractivity contribution in [2.75, 3.05) is 0 Å². The van der Waals surface area contributed by atoms with Gasteiger partial charge in [-0.15, -0.1) is 0 Å². The summed E-state index contributed by atoms with van der Waals surface area (Å²) in [6, 6.07) is 1.77. The molecule has 0 N–H and O–H groups in total. The first-order valence-electron chi connectivity index (χ1n) is 4.63. The number of hydrogen-bond donors (Lipinski definition) is 0. The Hall–Kier alpha value is -1.42. The van der Waals surface area contributed by atoms with Crippen LogP contribution in [-0.4, -0.2) is 14.5 Å². The summed E-state index contributed by atoms with van der Waals surface area (Å²) in [5.74, 6) is 0. The first-order valence-corrected chi connectivity index (χ1v) is 5.01. The normalized spacial score (nSPS) is 11.2. The van der Waals surface area contributed by atoms with E-state index in [9.17, 15) is 4.79 Å². The predicted octanol–water partition coefficient (Wildman–Crippen LogP) is 2.03. The maximum atomic E-state index is 11.8. The van der Waals surface area contributed by atoms with Crippen molar-refractivity contribution in [3.8, 4) is 0 Å². The fraction of sp³-hybridized carbons (Fsp3) is 0.300. The molecule has 0 saturated heterocycles. The molecule has 0 aliphatic carbocycles. The maximum absolute atomic E-state index is 11.8. The molecule has 0 amide bonds. The topological polar surface area (TPSA) is 47.8 Å². The molecule has 0 atom stereocenters. The van der Waals surface area contributed by atoms with Gasteiger partial charge < -0.3 is 4.57 Å². The minimum absolute atomic E-state index is 0.00222. The molecule has 78 valence electrons. The van der Waals surface area contributed by atoms with Crippen LogP contribution in [0.25, 0.3) is 11.0 Å². The first-order chi connectivity index (χ1) is 7.11. The highest BCUT2D eigenvalue weighted by atomic mass is 35.5. The van der Waals surface area contributed by atoms with Crippen molar-refractivity contribution in [2.24, 2.45) is 0 Å². The zero-order chi connectivity index (χ0) is 11.0. The maximum Gasteiger partial charge on any atom is 0.289 e. The van der Waals surface area contributed by atoms with Crippen LogP contribution >= 0.6 is 11.6 Å². The standard InChI is InChI=1S/C10H10ClN3O/c1-6(2)14-8-5-12-4-3-7(8)13-9(11)10(14)15/h3-6H,1-2H3. The third-order valence-electron chi connectivity index (χ3n) is 2.17. The Kier molecular flexibility index (Phi) is 2.44. The summed E-state index contributed by atoms with van der Waals surface area (Å²) in [6.45, 7) is 3.84. The fourth-order valence-electron chi connectivity index (χ4n) is 1.53. The van der Waals surface area contributed by atoms with Gasteiger partial charge in [0.05, 0.1) is 17.2 Å². The first kappa shape index (κ1) is 10.1. The third kappa shape index (κ3) is 1.61. The van der Waals surface area contributed by atoms with E-state index < -0.39 is 0 Å². The van der Waals surface area contributed by atoms with Crippen molar-refractivity contribution in [3.05, 3.63) is 34.0 Å². The molecule has 15 heavy (non-hydrogen) atoms. The lowest BCUT2D eigenvalue weighted by atomic mass is 10.3. The van der Waals surface area contributed by atoms with Crippen molar-refractivity contribution in [2.45, 2.75) is 19.9 Å². The van der Waals surface area contributed by atoms with Gasteiger partial charge in [0.25, 0.3) is 5.56 Å². The predicted molar refractivity (Wildman–Crippen MR) is 59.2 cm³/mol. The summed E-state index contributed by atoms with van der Waals surface area (Å²) in [6.07, 6.45) is 3.25. The van der Waals surface area contributed by atoms with Crippen LogP contribution in [0.2, 0.25) is 5.15 Å². The molecule has 2 aromatic rings. The number of aromatic nitrogens is 3. The van der Waals surface area contributed by atoms with Crippen LogP contribution in [0.15, 0.2) is 23.3 Å². The van der Waals surface area contributed by atoms with Gasteiger partial charge in [-0.2, -0.15) is 0 Å². The molecular formula is C10H10ClN3O. The molecule has 0 radical (unpaired) electrons. The summed E-state index contributed by atoms with van der Waals surface area (Å²) in [5, 5.41) is 0.00222.